The Hall–Kier alpha value is -3.56. The van der Waals surface area contributed by atoms with Gasteiger partial charge in [-0.3, -0.25) is 0 Å². The Labute approximate surface area is 154 Å². The number of anilines is 2. The fourth-order valence-electron chi connectivity index (χ4n) is 3.56. The van der Waals surface area contributed by atoms with E-state index in [1.807, 2.05) is 24.4 Å². The van der Waals surface area contributed by atoms with Crippen molar-refractivity contribution in [1.82, 2.24) is 40.6 Å². The molecule has 136 valence electrons. The fourth-order valence-corrected chi connectivity index (χ4v) is 3.56. The Bertz CT molecular complexity index is 1040. The van der Waals surface area contributed by atoms with Crippen molar-refractivity contribution in [2.45, 2.75) is 12.5 Å². The molecule has 1 unspecified atom stereocenters. The lowest BCUT2D eigenvalue weighted by molar-refractivity contribution is 0.684. The molecule has 4 aromatic rings. The molecule has 1 atom stereocenters. The normalized spacial score (nSPS) is 16.9. The van der Waals surface area contributed by atoms with Crippen LogP contribution >= 0.6 is 0 Å². The average Bonchev–Trinajstić information content (AvgIpc) is 3.48. The Morgan fingerprint density at radius 3 is 2.96 bits per heavy atom. The molecule has 0 aromatic carbocycles. The molecule has 5 rings (SSSR count). The minimum absolute atomic E-state index is 0.359. The van der Waals surface area contributed by atoms with Gasteiger partial charge < -0.3 is 14.8 Å². The van der Waals surface area contributed by atoms with Gasteiger partial charge in [0.05, 0.1) is 5.39 Å². The molecule has 1 saturated heterocycles. The van der Waals surface area contributed by atoms with Crippen LogP contribution in [0.2, 0.25) is 0 Å². The Morgan fingerprint density at radius 1 is 1.19 bits per heavy atom. The van der Waals surface area contributed by atoms with Gasteiger partial charge in [-0.05, 0) is 29.8 Å². The maximum absolute atomic E-state index is 4.57. The molecule has 0 saturated carbocycles. The molecule has 1 aliphatic rings. The molecule has 0 radical (unpaired) electrons. The number of fused-ring (bicyclic) bond motifs is 1. The number of nitrogens with zero attached hydrogens (tertiary/aromatic N) is 8. The lowest BCUT2D eigenvalue weighted by Gasteiger charge is -2.26. The van der Waals surface area contributed by atoms with Gasteiger partial charge in [-0.1, -0.05) is 0 Å². The Morgan fingerprint density at radius 2 is 2.15 bits per heavy atom. The topological polar surface area (TPSA) is 115 Å². The van der Waals surface area contributed by atoms with Crippen molar-refractivity contribution >= 4 is 22.7 Å². The summed E-state index contributed by atoms with van der Waals surface area (Å²) in [6.07, 6.45) is 6.33. The lowest BCUT2D eigenvalue weighted by atomic mass is 10.2. The summed E-state index contributed by atoms with van der Waals surface area (Å²) in [6, 6.07) is 6.34. The van der Waals surface area contributed by atoms with Crippen LogP contribution in [-0.4, -0.2) is 66.7 Å². The van der Waals surface area contributed by atoms with E-state index >= 15 is 0 Å². The highest BCUT2D eigenvalue weighted by molar-refractivity contribution is 5.87. The summed E-state index contributed by atoms with van der Waals surface area (Å²) in [5.74, 6) is 2.45. The first kappa shape index (κ1) is 15.7. The van der Waals surface area contributed by atoms with E-state index < -0.39 is 0 Å². The molecule has 10 heteroatoms. The summed E-state index contributed by atoms with van der Waals surface area (Å²) in [6.45, 7) is 1.84. The number of H-pyrrole nitrogens is 2. The second-order valence-electron chi connectivity index (χ2n) is 6.58. The van der Waals surface area contributed by atoms with Gasteiger partial charge in [0.2, 0.25) is 5.82 Å². The average molecular weight is 362 g/mol. The van der Waals surface area contributed by atoms with Crippen molar-refractivity contribution < 1.29 is 0 Å². The minimum Gasteiger partial charge on any atom is -0.355 e. The number of hydrogen-bond acceptors (Lipinski definition) is 8. The molecule has 5 heterocycles. The van der Waals surface area contributed by atoms with E-state index in [2.05, 4.69) is 57.4 Å². The van der Waals surface area contributed by atoms with Crippen molar-refractivity contribution in [1.29, 1.82) is 0 Å². The number of pyridine rings is 1. The smallest absolute Gasteiger partial charge is 0.206 e. The van der Waals surface area contributed by atoms with Gasteiger partial charge >= 0.3 is 0 Å². The molecular weight excluding hydrogens is 344 g/mol. The van der Waals surface area contributed by atoms with Crippen LogP contribution in [-0.2, 0) is 0 Å². The quantitative estimate of drug-likeness (QED) is 0.557. The maximum atomic E-state index is 4.57. The highest BCUT2D eigenvalue weighted by Gasteiger charge is 2.28. The van der Waals surface area contributed by atoms with Crippen LogP contribution in [0.15, 0.2) is 36.9 Å². The van der Waals surface area contributed by atoms with Crippen molar-refractivity contribution in [3.05, 3.63) is 36.9 Å². The molecule has 1 fully saturated rings. The van der Waals surface area contributed by atoms with E-state index in [-0.39, 0.29) is 0 Å². The van der Waals surface area contributed by atoms with E-state index in [1.54, 1.807) is 12.5 Å². The summed E-state index contributed by atoms with van der Waals surface area (Å²) >= 11 is 0. The first-order chi connectivity index (χ1) is 13.3. The van der Waals surface area contributed by atoms with Gasteiger partial charge in [0.1, 0.15) is 23.6 Å². The van der Waals surface area contributed by atoms with Crippen LogP contribution in [0.3, 0.4) is 0 Å². The highest BCUT2D eigenvalue weighted by Crippen LogP contribution is 2.28. The van der Waals surface area contributed by atoms with Crippen molar-refractivity contribution in [2.24, 2.45) is 0 Å². The number of tetrazole rings is 1. The monoisotopic (exact) mass is 362 g/mol. The Balaban J connectivity index is 1.33. The molecular formula is C17H18N10. The van der Waals surface area contributed by atoms with Crippen LogP contribution in [0.4, 0.5) is 11.6 Å². The molecule has 10 nitrogen and oxygen atoms in total. The maximum Gasteiger partial charge on any atom is 0.206 e. The van der Waals surface area contributed by atoms with Gasteiger partial charge in [0, 0.05) is 44.1 Å². The van der Waals surface area contributed by atoms with E-state index in [0.717, 1.165) is 47.7 Å². The second kappa shape index (κ2) is 6.31. The zero-order valence-electron chi connectivity index (χ0n) is 14.7. The molecule has 1 aliphatic heterocycles. The number of aromatic amines is 2. The van der Waals surface area contributed by atoms with Crippen LogP contribution in [0.25, 0.3) is 22.4 Å². The minimum atomic E-state index is 0.359. The van der Waals surface area contributed by atoms with Crippen LogP contribution < -0.4 is 9.80 Å². The van der Waals surface area contributed by atoms with Gasteiger partial charge in [0.15, 0.2) is 0 Å². The largest absolute Gasteiger partial charge is 0.355 e. The fraction of sp³-hybridized carbons (Fsp3) is 0.294. The lowest BCUT2D eigenvalue weighted by Crippen LogP contribution is -2.35. The third kappa shape index (κ3) is 2.75. The summed E-state index contributed by atoms with van der Waals surface area (Å²) in [7, 11) is 2.08. The highest BCUT2D eigenvalue weighted by atomic mass is 15.5. The number of nitrogens with one attached hydrogen (secondary N) is 2. The standard InChI is InChI=1S/C17H18N10/c1-26(14-3-2-11(8-19-14)15-22-24-25-23-15)12-5-7-27(9-12)17-13-4-6-18-16(13)20-10-21-17/h2-4,6,8,10,12H,5,7,9H2,1H3,(H,18,20,21)(H,22,23,24,25). The number of aromatic nitrogens is 8. The van der Waals surface area contributed by atoms with Crippen LogP contribution in [0.1, 0.15) is 6.42 Å². The third-order valence-electron chi connectivity index (χ3n) is 5.06. The van der Waals surface area contributed by atoms with Gasteiger partial charge in [-0.15, -0.1) is 10.2 Å². The van der Waals surface area contributed by atoms with Gasteiger partial charge in [-0.2, -0.15) is 5.21 Å². The third-order valence-corrected chi connectivity index (χ3v) is 5.06. The van der Waals surface area contributed by atoms with Crippen LogP contribution in [0, 0.1) is 0 Å². The summed E-state index contributed by atoms with van der Waals surface area (Å²) in [5.41, 5.74) is 1.71. The number of hydrogen-bond donors (Lipinski definition) is 2. The van der Waals surface area contributed by atoms with E-state index in [4.69, 9.17) is 0 Å². The first-order valence-electron chi connectivity index (χ1n) is 8.75. The second-order valence-corrected chi connectivity index (χ2v) is 6.58. The Kier molecular flexibility index (Phi) is 3.66. The van der Waals surface area contributed by atoms with Crippen LogP contribution in [0.5, 0.6) is 0 Å². The van der Waals surface area contributed by atoms with E-state index in [9.17, 15) is 0 Å². The zero-order chi connectivity index (χ0) is 18.2. The molecule has 2 N–H and O–H groups in total. The predicted octanol–water partition coefficient (Wildman–Crippen LogP) is 1.25. The molecule has 4 aromatic heterocycles. The van der Waals surface area contributed by atoms with E-state index in [0.29, 0.717) is 11.9 Å². The number of likely N-dealkylation sites (N-methyl/N-ethyl adjacent to an activating group) is 1. The van der Waals surface area contributed by atoms with Gasteiger partial charge in [-0.25, -0.2) is 15.0 Å². The van der Waals surface area contributed by atoms with Crippen molar-refractivity contribution in [2.75, 3.05) is 29.9 Å². The molecule has 0 aliphatic carbocycles. The predicted molar refractivity (Wildman–Crippen MR) is 100 cm³/mol. The zero-order valence-corrected chi connectivity index (χ0v) is 14.7. The summed E-state index contributed by atoms with van der Waals surface area (Å²) < 4.78 is 0. The van der Waals surface area contributed by atoms with E-state index in [1.165, 1.54) is 0 Å². The molecule has 0 amide bonds. The van der Waals surface area contributed by atoms with Crippen molar-refractivity contribution in [3.63, 3.8) is 0 Å². The summed E-state index contributed by atoms with van der Waals surface area (Å²) in [5, 5.41) is 15.1. The first-order valence-corrected chi connectivity index (χ1v) is 8.75. The summed E-state index contributed by atoms with van der Waals surface area (Å²) in [4.78, 5) is 21.0. The molecule has 27 heavy (non-hydrogen) atoms. The SMILES string of the molecule is CN(c1ccc(-c2nn[nH]n2)cn1)C1CCN(c2ncnc3[nH]ccc23)C1. The number of rotatable bonds is 4. The molecule has 0 spiro atoms. The van der Waals surface area contributed by atoms with Crippen molar-refractivity contribution in [3.8, 4) is 11.4 Å². The van der Waals surface area contributed by atoms with Gasteiger partial charge in [0.25, 0.3) is 0 Å². The molecule has 0 bridgehead atoms.